The van der Waals surface area contributed by atoms with Crippen molar-refractivity contribution in [1.29, 1.82) is 0 Å². The summed E-state index contributed by atoms with van der Waals surface area (Å²) in [6.07, 6.45) is 7.11. The van der Waals surface area contributed by atoms with Crippen LogP contribution in [0.3, 0.4) is 0 Å². The van der Waals surface area contributed by atoms with E-state index in [-0.39, 0.29) is 23.7 Å². The lowest BCUT2D eigenvalue weighted by atomic mass is 9.97. The van der Waals surface area contributed by atoms with Gasteiger partial charge in [0.25, 0.3) is 11.8 Å². The number of nitrogens with zero attached hydrogens (tertiary/aromatic N) is 2. The molecule has 0 saturated heterocycles. The largest absolute Gasteiger partial charge is 0.514 e. The van der Waals surface area contributed by atoms with E-state index in [1.54, 1.807) is 67.0 Å². The fraction of sp³-hybridized carbons (Fsp3) is 0.568. The maximum Gasteiger partial charge on any atom is 0.514 e. The Balaban J connectivity index is 1.85. The Morgan fingerprint density at radius 1 is 0.667 bits per heavy atom. The van der Waals surface area contributed by atoms with E-state index in [1.807, 2.05) is 32.9 Å². The topological polar surface area (TPSA) is 115 Å². The van der Waals surface area contributed by atoms with Gasteiger partial charge < -0.3 is 33.9 Å². The molecular formula is C44H62N2O8. The molecule has 0 spiro atoms. The minimum absolute atomic E-state index is 0.203. The zero-order valence-electron chi connectivity index (χ0n) is 34.1. The molecule has 2 heterocycles. The number of unbranched alkanes of at least 4 members (excludes halogenated alkanes) is 2. The molecule has 0 aromatic heterocycles. The minimum Gasteiger partial charge on any atom is -0.441 e. The summed E-state index contributed by atoms with van der Waals surface area (Å²) in [5.41, 5.74) is 2.00. The van der Waals surface area contributed by atoms with Crippen molar-refractivity contribution in [2.45, 2.75) is 138 Å². The molecule has 10 heteroatoms. The van der Waals surface area contributed by atoms with Crippen LogP contribution in [-0.2, 0) is 19.1 Å². The maximum atomic E-state index is 14.9. The Hall–Kier alpha value is -4.15. The minimum atomic E-state index is -1.46. The molecule has 54 heavy (non-hydrogen) atoms. The molecule has 1 N–H and O–H groups in total. The van der Waals surface area contributed by atoms with Gasteiger partial charge in [-0.25, -0.2) is 4.79 Å². The molecule has 2 aromatic carbocycles. The van der Waals surface area contributed by atoms with Gasteiger partial charge in [-0.2, -0.15) is 0 Å². The quantitative estimate of drug-likeness (QED) is 0.0911. The number of hydrogen-bond acceptors (Lipinski definition) is 8. The maximum absolute atomic E-state index is 14.9. The number of fused-ring (bicyclic) bond motifs is 1. The summed E-state index contributed by atoms with van der Waals surface area (Å²) >= 11 is 0. The van der Waals surface area contributed by atoms with E-state index in [0.717, 1.165) is 51.4 Å². The van der Waals surface area contributed by atoms with Crippen molar-refractivity contribution in [3.63, 3.8) is 0 Å². The zero-order valence-corrected chi connectivity index (χ0v) is 34.1. The Labute approximate surface area is 322 Å². The molecule has 0 radical (unpaired) electrons. The van der Waals surface area contributed by atoms with Crippen molar-refractivity contribution in [3.05, 3.63) is 70.8 Å². The molecule has 2 aromatic rings. The van der Waals surface area contributed by atoms with Crippen LogP contribution in [0.5, 0.6) is 11.5 Å². The van der Waals surface area contributed by atoms with Crippen LogP contribution in [0.25, 0.3) is 11.4 Å². The first-order valence-electron chi connectivity index (χ1n) is 19.8. The second kappa shape index (κ2) is 18.5. The first-order valence-corrected chi connectivity index (χ1v) is 19.8. The highest BCUT2D eigenvalue weighted by Gasteiger charge is 2.49. The number of hydrogen-bond donors (Lipinski definition) is 1. The van der Waals surface area contributed by atoms with E-state index < -0.39 is 23.8 Å². The number of carbonyl (C=O) groups is 3. The third-order valence-electron chi connectivity index (χ3n) is 9.69. The molecule has 0 aliphatic carbocycles. The predicted molar refractivity (Wildman–Crippen MR) is 211 cm³/mol. The van der Waals surface area contributed by atoms with E-state index in [9.17, 15) is 19.5 Å². The van der Waals surface area contributed by atoms with Crippen molar-refractivity contribution in [3.8, 4) is 11.5 Å². The van der Waals surface area contributed by atoms with E-state index >= 15 is 0 Å². The average Bonchev–Trinajstić information content (AvgIpc) is 3.53. The first-order chi connectivity index (χ1) is 25.5. The van der Waals surface area contributed by atoms with Crippen LogP contribution in [0.2, 0.25) is 0 Å². The first kappa shape index (κ1) is 42.6. The van der Waals surface area contributed by atoms with E-state index in [2.05, 4.69) is 27.7 Å². The van der Waals surface area contributed by atoms with Crippen molar-refractivity contribution in [2.24, 2.45) is 11.8 Å². The average molecular weight is 747 g/mol. The van der Waals surface area contributed by atoms with Crippen LogP contribution in [0.1, 0.15) is 132 Å². The zero-order chi connectivity index (χ0) is 39.8. The van der Waals surface area contributed by atoms with Gasteiger partial charge >= 0.3 is 12.6 Å². The summed E-state index contributed by atoms with van der Waals surface area (Å²) in [6.45, 7) is 18.9. The standard InChI is InChI=1S/C44H62N2O8/c1-11-15-17-29(13-3)27-45-37(31-19-23-33(24-20-31)51-41(49)53-43(5,6)7)35-36(39(45)47)38(46(40(35)48)28-30(14-4)18-16-12-2)32-21-25-34(26-22-32)52-42(50)54-44(8,9)10/h19-26,29-30,41,49H,11-18,27-28H2,1-10H3. The second-order valence-corrected chi connectivity index (χ2v) is 16.4. The smallest absolute Gasteiger partial charge is 0.441 e. The molecule has 2 aliphatic heterocycles. The van der Waals surface area contributed by atoms with E-state index in [1.165, 1.54) is 0 Å². The van der Waals surface area contributed by atoms with Crippen LogP contribution in [-0.4, -0.2) is 63.6 Å². The van der Waals surface area contributed by atoms with Crippen LogP contribution < -0.4 is 9.47 Å². The molecule has 3 unspecified atom stereocenters. The number of amides is 2. The van der Waals surface area contributed by atoms with Gasteiger partial charge in [0.15, 0.2) is 0 Å². The molecule has 0 bridgehead atoms. The number of carbonyl (C=O) groups excluding carboxylic acids is 3. The lowest BCUT2D eigenvalue weighted by Gasteiger charge is -2.29. The molecule has 3 atom stereocenters. The van der Waals surface area contributed by atoms with Crippen molar-refractivity contribution in [1.82, 2.24) is 9.80 Å². The van der Waals surface area contributed by atoms with Crippen LogP contribution >= 0.6 is 0 Å². The normalized spacial score (nSPS) is 16.6. The fourth-order valence-corrected chi connectivity index (χ4v) is 6.88. The Kier molecular flexibility index (Phi) is 14.6. The molecule has 0 saturated carbocycles. The summed E-state index contributed by atoms with van der Waals surface area (Å²) in [4.78, 5) is 45.8. The van der Waals surface area contributed by atoms with Gasteiger partial charge in [-0.05, 0) is 126 Å². The fourth-order valence-electron chi connectivity index (χ4n) is 6.88. The third-order valence-corrected chi connectivity index (χ3v) is 9.69. The van der Waals surface area contributed by atoms with Crippen LogP contribution in [0.4, 0.5) is 4.79 Å². The molecule has 10 nitrogen and oxygen atoms in total. The Bertz CT molecular complexity index is 1660. The highest BCUT2D eigenvalue weighted by molar-refractivity contribution is 6.30. The van der Waals surface area contributed by atoms with Gasteiger partial charge in [0.05, 0.1) is 28.1 Å². The van der Waals surface area contributed by atoms with Gasteiger partial charge in [-0.15, -0.1) is 0 Å². The van der Waals surface area contributed by atoms with Crippen molar-refractivity contribution in [2.75, 3.05) is 13.1 Å². The summed E-state index contributed by atoms with van der Waals surface area (Å²) in [5.74, 6) is 0.759. The number of aliphatic hydroxyl groups is 1. The van der Waals surface area contributed by atoms with Crippen molar-refractivity contribution < 1.29 is 38.4 Å². The monoisotopic (exact) mass is 746 g/mol. The number of ether oxygens (including phenoxy) is 4. The van der Waals surface area contributed by atoms with Gasteiger partial charge in [0.1, 0.15) is 17.1 Å². The predicted octanol–water partition coefficient (Wildman–Crippen LogP) is 9.71. The molecule has 2 amide bonds. The molecule has 2 aliphatic rings. The van der Waals surface area contributed by atoms with Crippen LogP contribution in [0.15, 0.2) is 59.7 Å². The van der Waals surface area contributed by atoms with Gasteiger partial charge in [-0.3, -0.25) is 9.59 Å². The summed E-state index contributed by atoms with van der Waals surface area (Å²) in [6, 6.07) is 14.0. The lowest BCUT2D eigenvalue weighted by molar-refractivity contribution is -0.259. The van der Waals surface area contributed by atoms with Crippen molar-refractivity contribution >= 4 is 29.4 Å². The van der Waals surface area contributed by atoms with Gasteiger partial charge in [0, 0.05) is 13.1 Å². The van der Waals surface area contributed by atoms with Gasteiger partial charge in [0.2, 0.25) is 0 Å². The number of benzene rings is 2. The van der Waals surface area contributed by atoms with Gasteiger partial charge in [-0.1, -0.05) is 66.2 Å². The third kappa shape index (κ3) is 11.0. The lowest BCUT2D eigenvalue weighted by Crippen LogP contribution is -2.34. The number of aliphatic hydroxyl groups excluding tert-OH is 1. The van der Waals surface area contributed by atoms with E-state index in [4.69, 9.17) is 18.9 Å². The van der Waals surface area contributed by atoms with E-state index in [0.29, 0.717) is 58.3 Å². The highest BCUT2D eigenvalue weighted by atomic mass is 16.8. The summed E-state index contributed by atoms with van der Waals surface area (Å²) in [7, 11) is 0. The highest BCUT2D eigenvalue weighted by Crippen LogP contribution is 2.48. The molecule has 4 rings (SSSR count). The molecule has 0 fully saturated rings. The number of rotatable bonds is 18. The van der Waals surface area contributed by atoms with Crippen LogP contribution in [0, 0.1) is 11.8 Å². The SMILES string of the molecule is CCCCC(CC)CN1C(=O)C2=C(c3ccc(OC(O)OC(C)(C)C)cc3)N(CC(CC)CCCC)C(=O)C2=C1c1ccc(OC(=O)OC(C)(C)C)cc1. The summed E-state index contributed by atoms with van der Waals surface area (Å²) < 4.78 is 21.9. The molecular weight excluding hydrogens is 684 g/mol. The molecule has 296 valence electrons. The Morgan fingerprint density at radius 3 is 1.46 bits per heavy atom. The summed E-state index contributed by atoms with van der Waals surface area (Å²) in [5, 5.41) is 10.4. The second-order valence-electron chi connectivity index (χ2n) is 16.4. The Morgan fingerprint density at radius 2 is 1.09 bits per heavy atom.